The number of nitrogens with two attached hydrogens (primary N) is 2. The fourth-order valence-corrected chi connectivity index (χ4v) is 8.27. The molecule has 7 amide bonds. The maximum absolute atomic E-state index is 13.6. The highest BCUT2D eigenvalue weighted by Crippen LogP contribution is 2.25. The molecule has 0 spiro atoms. The largest absolute Gasteiger partial charge is 0.370 e. The van der Waals surface area contributed by atoms with Crippen molar-refractivity contribution in [2.75, 3.05) is 52.4 Å². The SMILES string of the molecule is NC(N)=NCCC[C@H](NC(=O)[C@@H]1CCCN1C(=O)CNC(=O)[C@@H]1CCCN1C(=O)[C@@H]1CCCN1)C(=O)NCC(=O)N1CCC[C@H]1C(=O)N1CCC[C@H]1C=O. The summed E-state index contributed by atoms with van der Waals surface area (Å²) in [5.74, 6) is -3.01. The van der Waals surface area contributed by atoms with Crippen LogP contribution < -0.4 is 32.7 Å². The van der Waals surface area contributed by atoms with Crippen molar-refractivity contribution in [2.24, 2.45) is 16.5 Å². The van der Waals surface area contributed by atoms with Gasteiger partial charge in [0.2, 0.25) is 41.4 Å². The molecule has 0 aromatic heterocycles. The van der Waals surface area contributed by atoms with Crippen LogP contribution in [0.2, 0.25) is 0 Å². The minimum absolute atomic E-state index is 0.101. The monoisotopic (exact) mass is 757 g/mol. The van der Waals surface area contributed by atoms with Crippen molar-refractivity contribution in [2.45, 2.75) is 113 Å². The van der Waals surface area contributed by atoms with Crippen molar-refractivity contribution < 1.29 is 38.4 Å². The van der Waals surface area contributed by atoms with Gasteiger partial charge in [-0.15, -0.1) is 0 Å². The van der Waals surface area contributed by atoms with Gasteiger partial charge in [0.1, 0.15) is 30.5 Å². The van der Waals surface area contributed by atoms with Crippen LogP contribution in [0.1, 0.15) is 77.0 Å². The molecule has 0 saturated carbocycles. The van der Waals surface area contributed by atoms with Gasteiger partial charge in [0.25, 0.3) is 0 Å². The van der Waals surface area contributed by atoms with Gasteiger partial charge < -0.3 is 57.1 Å². The van der Waals surface area contributed by atoms with Gasteiger partial charge in [-0.1, -0.05) is 0 Å². The quantitative estimate of drug-likeness (QED) is 0.0417. The third-order valence-electron chi connectivity index (χ3n) is 11.1. The second-order valence-corrected chi connectivity index (χ2v) is 14.7. The van der Waals surface area contributed by atoms with Crippen molar-refractivity contribution in [3.05, 3.63) is 0 Å². The Morgan fingerprint density at radius 1 is 0.704 bits per heavy atom. The van der Waals surface area contributed by atoms with Crippen molar-refractivity contribution in [1.29, 1.82) is 0 Å². The maximum atomic E-state index is 13.6. The summed E-state index contributed by atoms with van der Waals surface area (Å²) in [7, 11) is 0. The van der Waals surface area contributed by atoms with E-state index in [0.29, 0.717) is 77.4 Å². The van der Waals surface area contributed by atoms with E-state index in [4.69, 9.17) is 11.5 Å². The van der Waals surface area contributed by atoms with Gasteiger partial charge in [0.05, 0.1) is 25.2 Å². The molecular formula is C35H55N11O8. The topological polar surface area (TPSA) is 262 Å². The molecule has 0 bridgehead atoms. The number of rotatable bonds is 15. The number of aldehydes is 1. The van der Waals surface area contributed by atoms with Crippen LogP contribution in [0.25, 0.3) is 0 Å². The van der Waals surface area contributed by atoms with E-state index >= 15 is 0 Å². The Balaban J connectivity index is 1.15. The summed E-state index contributed by atoms with van der Waals surface area (Å²) >= 11 is 0. The molecule has 19 nitrogen and oxygen atoms in total. The van der Waals surface area contributed by atoms with Gasteiger partial charge in [-0.25, -0.2) is 0 Å². The van der Waals surface area contributed by atoms with Crippen LogP contribution in [0, 0.1) is 0 Å². The van der Waals surface area contributed by atoms with Crippen molar-refractivity contribution in [3.8, 4) is 0 Å². The lowest BCUT2D eigenvalue weighted by Gasteiger charge is -2.30. The van der Waals surface area contributed by atoms with E-state index < -0.39 is 66.3 Å². The predicted molar refractivity (Wildman–Crippen MR) is 194 cm³/mol. The normalized spacial score (nSPS) is 25.7. The molecular weight excluding hydrogens is 702 g/mol. The van der Waals surface area contributed by atoms with E-state index in [2.05, 4.69) is 26.3 Å². The first-order valence-corrected chi connectivity index (χ1v) is 19.3. The van der Waals surface area contributed by atoms with E-state index in [1.165, 1.54) is 14.7 Å². The third-order valence-corrected chi connectivity index (χ3v) is 11.1. The number of nitrogens with one attached hydrogen (secondary N) is 4. The third kappa shape index (κ3) is 9.83. The molecule has 0 radical (unpaired) electrons. The second-order valence-electron chi connectivity index (χ2n) is 14.7. The molecule has 6 atom stereocenters. The van der Waals surface area contributed by atoms with E-state index in [0.717, 1.165) is 25.7 Å². The van der Waals surface area contributed by atoms with Crippen LogP contribution in [-0.4, -0.2) is 162 Å². The molecule has 19 heteroatoms. The smallest absolute Gasteiger partial charge is 0.245 e. The average molecular weight is 758 g/mol. The predicted octanol–water partition coefficient (Wildman–Crippen LogP) is -3.33. The van der Waals surface area contributed by atoms with E-state index in [1.807, 2.05) is 0 Å². The van der Waals surface area contributed by atoms with Gasteiger partial charge in [0.15, 0.2) is 5.96 Å². The standard InChI is InChI=1S/C35H55N11O8/c36-35(37)39-14-1-8-23(30(50)40-19-29(49)45-17-6-12-27(45)34(54)43-15-3-7-22(43)21-47)42-32(52)26-11-4-16-44(26)28(48)20-41-31(51)25-10-5-18-46(25)33(53)24-9-2-13-38-24/h21-27,38H,1-20H2,(H,40,50)(H,41,51)(H,42,52)(H4,36,37,39)/t22-,23-,24-,25-,26-,27-/m0/s1. The first kappa shape index (κ1) is 40.4. The zero-order valence-electron chi connectivity index (χ0n) is 30.8. The number of guanidine groups is 1. The Kier molecular flexibility index (Phi) is 14.2. The van der Waals surface area contributed by atoms with E-state index in [1.54, 1.807) is 4.90 Å². The lowest BCUT2D eigenvalue weighted by atomic mass is 10.1. The summed E-state index contributed by atoms with van der Waals surface area (Å²) in [6.45, 7) is 1.75. The number of carbonyl (C=O) groups is 8. The fraction of sp³-hybridized carbons (Fsp3) is 0.743. The molecule has 5 aliphatic heterocycles. The van der Waals surface area contributed by atoms with Crippen LogP contribution in [0.3, 0.4) is 0 Å². The molecule has 5 fully saturated rings. The van der Waals surface area contributed by atoms with Crippen LogP contribution in [0.15, 0.2) is 4.99 Å². The number of hydrogen-bond acceptors (Lipinski definition) is 10. The fourth-order valence-electron chi connectivity index (χ4n) is 8.27. The first-order valence-electron chi connectivity index (χ1n) is 19.3. The molecule has 0 aromatic rings. The van der Waals surface area contributed by atoms with Gasteiger partial charge in [0, 0.05) is 32.7 Å². The lowest BCUT2D eigenvalue weighted by molar-refractivity contribution is -0.145. The van der Waals surface area contributed by atoms with Crippen molar-refractivity contribution >= 4 is 53.6 Å². The summed E-state index contributed by atoms with van der Waals surface area (Å²) in [4.78, 5) is 114. The van der Waals surface area contributed by atoms with Crippen LogP contribution >= 0.6 is 0 Å². The molecule has 5 aliphatic rings. The number of nitrogens with zero attached hydrogens (tertiary/aromatic N) is 5. The number of aliphatic imine (C=N–C) groups is 1. The zero-order valence-corrected chi connectivity index (χ0v) is 30.8. The zero-order chi connectivity index (χ0) is 38.8. The van der Waals surface area contributed by atoms with Crippen LogP contribution in [0.4, 0.5) is 0 Å². The minimum atomic E-state index is -1.09. The van der Waals surface area contributed by atoms with Crippen LogP contribution in [0.5, 0.6) is 0 Å². The van der Waals surface area contributed by atoms with Crippen molar-refractivity contribution in [3.63, 3.8) is 0 Å². The Bertz CT molecular complexity index is 1470. The molecule has 54 heavy (non-hydrogen) atoms. The number of carbonyl (C=O) groups excluding carboxylic acids is 8. The highest BCUT2D eigenvalue weighted by Gasteiger charge is 2.41. The minimum Gasteiger partial charge on any atom is -0.370 e. The first-order chi connectivity index (χ1) is 26.0. The number of hydrogen-bond donors (Lipinski definition) is 6. The maximum Gasteiger partial charge on any atom is 0.245 e. The van der Waals surface area contributed by atoms with E-state index in [-0.39, 0.29) is 49.9 Å². The van der Waals surface area contributed by atoms with Crippen LogP contribution in [-0.2, 0) is 38.4 Å². The molecule has 0 aromatic carbocycles. The second kappa shape index (κ2) is 19.0. The highest BCUT2D eigenvalue weighted by molar-refractivity contribution is 5.96. The lowest BCUT2D eigenvalue weighted by Crippen LogP contribution is -2.56. The number of likely N-dealkylation sites (tertiary alicyclic amines) is 4. The summed E-state index contributed by atoms with van der Waals surface area (Å²) in [5, 5.41) is 11.2. The van der Waals surface area contributed by atoms with Gasteiger partial charge >= 0.3 is 0 Å². The summed E-state index contributed by atoms with van der Waals surface area (Å²) < 4.78 is 0. The Morgan fingerprint density at radius 3 is 1.94 bits per heavy atom. The van der Waals surface area contributed by atoms with Gasteiger partial charge in [-0.05, 0) is 83.6 Å². The molecule has 298 valence electrons. The molecule has 5 heterocycles. The van der Waals surface area contributed by atoms with Gasteiger partial charge in [-0.2, -0.15) is 0 Å². The van der Waals surface area contributed by atoms with Crippen molar-refractivity contribution in [1.82, 2.24) is 40.9 Å². The van der Waals surface area contributed by atoms with Gasteiger partial charge in [-0.3, -0.25) is 38.6 Å². The Labute approximate surface area is 314 Å². The molecule has 8 N–H and O–H groups in total. The Morgan fingerprint density at radius 2 is 1.30 bits per heavy atom. The highest BCUT2D eigenvalue weighted by atomic mass is 16.2. The molecule has 5 saturated heterocycles. The summed E-state index contributed by atoms with van der Waals surface area (Å²) in [6, 6.07) is -4.15. The Hall–Kier alpha value is -4.81. The molecule has 5 rings (SSSR count). The summed E-state index contributed by atoms with van der Waals surface area (Å²) in [5.41, 5.74) is 10.9. The van der Waals surface area contributed by atoms with E-state index in [9.17, 15) is 38.4 Å². The average Bonchev–Trinajstić information content (AvgIpc) is 4.01. The molecule has 0 unspecified atom stereocenters. The summed E-state index contributed by atoms with van der Waals surface area (Å²) in [6.07, 6.45) is 7.27. The number of amides is 7. The molecule has 0 aliphatic carbocycles.